The number of carbonyl (C=O) groups is 1. The molecule has 0 saturated heterocycles. The van der Waals surface area contributed by atoms with Crippen LogP contribution in [-0.4, -0.2) is 62.6 Å². The van der Waals surface area contributed by atoms with Crippen LogP contribution in [0.3, 0.4) is 0 Å². The van der Waals surface area contributed by atoms with E-state index in [0.29, 0.717) is 22.3 Å². The predicted molar refractivity (Wildman–Crippen MR) is 119 cm³/mol. The van der Waals surface area contributed by atoms with Gasteiger partial charge in [0.25, 0.3) is 0 Å². The van der Waals surface area contributed by atoms with Crippen molar-refractivity contribution >= 4 is 16.7 Å². The molecule has 0 aliphatic carbocycles. The zero-order chi connectivity index (χ0) is 21.6. The second-order valence-electron chi connectivity index (χ2n) is 8.25. The maximum atomic E-state index is 11.5. The molecule has 0 aromatic heterocycles. The Morgan fingerprint density at radius 1 is 1.00 bits per heavy atom. The number of hydrogen-bond acceptors (Lipinski definition) is 4. The van der Waals surface area contributed by atoms with E-state index < -0.39 is 6.10 Å². The molecule has 3 rings (SSSR count). The Kier molecular flexibility index (Phi) is 7.08. The maximum absolute atomic E-state index is 11.5. The molecule has 0 aliphatic rings. The molecule has 158 valence electrons. The minimum absolute atomic E-state index is 0.204. The third kappa shape index (κ3) is 6.05. The van der Waals surface area contributed by atoms with E-state index in [4.69, 9.17) is 4.74 Å². The number of aliphatic hydroxyl groups excluding tert-OH is 1. The van der Waals surface area contributed by atoms with Gasteiger partial charge in [0.1, 0.15) is 25.0 Å². The minimum Gasteiger partial charge on any atom is -0.491 e. The lowest BCUT2D eigenvalue weighted by Crippen LogP contribution is -2.48. The van der Waals surface area contributed by atoms with Gasteiger partial charge in [-0.2, -0.15) is 0 Å². The highest BCUT2D eigenvalue weighted by Crippen LogP contribution is 2.17. The number of ether oxygens (including phenoxy) is 2. The first-order valence-corrected chi connectivity index (χ1v) is 10.2. The summed E-state index contributed by atoms with van der Waals surface area (Å²) in [6.45, 7) is 1.71. The van der Waals surface area contributed by atoms with Crippen molar-refractivity contribution in [1.29, 1.82) is 0 Å². The first-order chi connectivity index (χ1) is 14.4. The van der Waals surface area contributed by atoms with Crippen LogP contribution in [0, 0.1) is 0 Å². The number of nitrogens with zero attached hydrogens (tertiary/aromatic N) is 1. The van der Waals surface area contributed by atoms with E-state index in [-0.39, 0.29) is 12.6 Å². The van der Waals surface area contributed by atoms with Gasteiger partial charge in [0.05, 0.1) is 33.3 Å². The van der Waals surface area contributed by atoms with Gasteiger partial charge in [0.2, 0.25) is 0 Å². The Morgan fingerprint density at radius 2 is 1.70 bits per heavy atom. The molecule has 0 amide bonds. The zero-order valence-electron chi connectivity index (χ0n) is 17.9. The Balaban J connectivity index is 1.48. The fraction of sp³-hybridized carbons (Fsp3) is 0.320. The van der Waals surface area contributed by atoms with Gasteiger partial charge in [-0.05, 0) is 40.6 Å². The molecular formula is C25H30NO4+. The molecule has 1 atom stereocenters. The largest absolute Gasteiger partial charge is 0.491 e. The van der Waals surface area contributed by atoms with E-state index in [2.05, 4.69) is 61.3 Å². The second kappa shape index (κ2) is 9.74. The lowest BCUT2D eigenvalue weighted by atomic mass is 10.0. The molecule has 5 nitrogen and oxygen atoms in total. The van der Waals surface area contributed by atoms with Gasteiger partial charge in [0, 0.05) is 6.42 Å². The van der Waals surface area contributed by atoms with Crippen LogP contribution in [0.2, 0.25) is 0 Å². The highest BCUT2D eigenvalue weighted by molar-refractivity contribution is 5.89. The summed E-state index contributed by atoms with van der Waals surface area (Å²) in [7, 11) is 5.59. The smallest absolute Gasteiger partial charge is 0.337 e. The normalized spacial score (nSPS) is 12.5. The molecule has 0 aliphatic heterocycles. The molecule has 5 heteroatoms. The fourth-order valence-corrected chi connectivity index (χ4v) is 3.54. The molecule has 1 N–H and O–H groups in total. The van der Waals surface area contributed by atoms with E-state index in [1.165, 1.54) is 23.4 Å². The second-order valence-corrected chi connectivity index (χ2v) is 8.25. The summed E-state index contributed by atoms with van der Waals surface area (Å²) in [6, 6.07) is 21.7. The molecular weight excluding hydrogens is 378 g/mol. The SMILES string of the molecule is COC(=O)c1ccc(OC[C@H](O)C[N+](C)(C)CCc2ccc3ccccc3c2)cc1. The van der Waals surface area contributed by atoms with Crippen LogP contribution in [0.1, 0.15) is 15.9 Å². The number of carbonyl (C=O) groups excluding carboxylic acids is 1. The number of aliphatic hydroxyl groups is 1. The first kappa shape index (κ1) is 21.8. The lowest BCUT2D eigenvalue weighted by Gasteiger charge is -2.32. The number of benzene rings is 3. The standard InChI is InChI=1S/C25H30NO4/c1-26(2,15-14-19-8-9-20-6-4-5-7-22(20)16-19)17-23(27)18-30-24-12-10-21(11-13-24)25(28)29-3/h4-13,16,23,27H,14-15,17-18H2,1-3H3/q+1/t23-/m1/s1. The molecule has 0 unspecified atom stereocenters. The summed E-state index contributed by atoms with van der Waals surface area (Å²) in [5.74, 6) is 0.232. The number of quaternary nitrogens is 1. The molecule has 0 radical (unpaired) electrons. The Bertz CT molecular complexity index is 982. The summed E-state index contributed by atoms with van der Waals surface area (Å²) in [5.41, 5.74) is 1.77. The van der Waals surface area contributed by atoms with Crippen molar-refractivity contribution in [2.24, 2.45) is 0 Å². The number of esters is 1. The van der Waals surface area contributed by atoms with Crippen LogP contribution >= 0.6 is 0 Å². The molecule has 0 fully saturated rings. The Labute approximate surface area is 178 Å². The topological polar surface area (TPSA) is 55.8 Å². The van der Waals surface area contributed by atoms with Crippen molar-refractivity contribution in [2.45, 2.75) is 12.5 Å². The Morgan fingerprint density at radius 3 is 2.40 bits per heavy atom. The number of likely N-dealkylation sites (N-methyl/N-ethyl adjacent to an activating group) is 1. The lowest BCUT2D eigenvalue weighted by molar-refractivity contribution is -0.893. The van der Waals surface area contributed by atoms with Crippen LogP contribution < -0.4 is 4.74 Å². The molecule has 0 heterocycles. The van der Waals surface area contributed by atoms with Gasteiger partial charge in [-0.1, -0.05) is 42.5 Å². The summed E-state index contributed by atoms with van der Waals surface area (Å²) in [5, 5.41) is 13.0. The predicted octanol–water partition coefficient (Wildman–Crippen LogP) is 3.69. The number of rotatable bonds is 9. The average molecular weight is 409 g/mol. The van der Waals surface area contributed by atoms with Crippen LogP contribution in [-0.2, 0) is 11.2 Å². The van der Waals surface area contributed by atoms with Crippen molar-refractivity contribution in [3.05, 3.63) is 77.9 Å². The number of methoxy groups -OCH3 is 1. The van der Waals surface area contributed by atoms with E-state index in [9.17, 15) is 9.90 Å². The van der Waals surface area contributed by atoms with Crippen molar-refractivity contribution in [1.82, 2.24) is 0 Å². The maximum Gasteiger partial charge on any atom is 0.337 e. The van der Waals surface area contributed by atoms with Crippen LogP contribution in [0.25, 0.3) is 10.8 Å². The Hall–Kier alpha value is -2.89. The average Bonchev–Trinajstić information content (AvgIpc) is 2.75. The molecule has 3 aromatic carbocycles. The van der Waals surface area contributed by atoms with Crippen molar-refractivity contribution < 1.29 is 23.9 Å². The number of hydrogen-bond donors (Lipinski definition) is 1. The molecule has 0 saturated carbocycles. The minimum atomic E-state index is -0.586. The zero-order valence-corrected chi connectivity index (χ0v) is 17.9. The van der Waals surface area contributed by atoms with Gasteiger partial charge < -0.3 is 19.1 Å². The van der Waals surface area contributed by atoms with E-state index in [1.54, 1.807) is 24.3 Å². The van der Waals surface area contributed by atoms with Gasteiger partial charge in [-0.3, -0.25) is 0 Å². The summed E-state index contributed by atoms with van der Waals surface area (Å²) in [6.07, 6.45) is 0.359. The van der Waals surface area contributed by atoms with E-state index in [1.807, 2.05) is 0 Å². The van der Waals surface area contributed by atoms with Gasteiger partial charge in [-0.25, -0.2) is 4.79 Å². The highest BCUT2D eigenvalue weighted by Gasteiger charge is 2.21. The fourth-order valence-electron chi connectivity index (χ4n) is 3.54. The van der Waals surface area contributed by atoms with Crippen LogP contribution in [0.4, 0.5) is 0 Å². The monoisotopic (exact) mass is 408 g/mol. The van der Waals surface area contributed by atoms with Crippen LogP contribution in [0.15, 0.2) is 66.7 Å². The molecule has 0 bridgehead atoms. The highest BCUT2D eigenvalue weighted by atomic mass is 16.5. The van der Waals surface area contributed by atoms with Crippen molar-refractivity contribution in [2.75, 3.05) is 40.9 Å². The van der Waals surface area contributed by atoms with Crippen molar-refractivity contribution in [3.8, 4) is 5.75 Å². The number of fused-ring (bicyclic) bond motifs is 1. The van der Waals surface area contributed by atoms with Gasteiger partial charge in [0.15, 0.2) is 0 Å². The molecule has 30 heavy (non-hydrogen) atoms. The summed E-state index contributed by atoms with van der Waals surface area (Å²) < 4.78 is 11.1. The third-order valence-electron chi connectivity index (χ3n) is 5.24. The summed E-state index contributed by atoms with van der Waals surface area (Å²) in [4.78, 5) is 11.5. The summed E-state index contributed by atoms with van der Waals surface area (Å²) >= 11 is 0. The van der Waals surface area contributed by atoms with Gasteiger partial charge >= 0.3 is 5.97 Å². The molecule has 0 spiro atoms. The molecule has 3 aromatic rings. The van der Waals surface area contributed by atoms with Crippen molar-refractivity contribution in [3.63, 3.8) is 0 Å². The van der Waals surface area contributed by atoms with E-state index in [0.717, 1.165) is 13.0 Å². The quantitative estimate of drug-likeness (QED) is 0.433. The van der Waals surface area contributed by atoms with Crippen LogP contribution in [0.5, 0.6) is 5.75 Å². The third-order valence-corrected chi connectivity index (χ3v) is 5.24. The van der Waals surface area contributed by atoms with E-state index >= 15 is 0 Å². The van der Waals surface area contributed by atoms with Gasteiger partial charge in [-0.15, -0.1) is 0 Å². The first-order valence-electron chi connectivity index (χ1n) is 10.2.